The Balaban J connectivity index is 1.92. The Bertz CT molecular complexity index is 752. The molecule has 2 aromatic rings. The number of nitrogens with zero attached hydrogens (tertiary/aromatic N) is 1. The summed E-state index contributed by atoms with van der Waals surface area (Å²) in [5.41, 5.74) is 1.53. The van der Waals surface area contributed by atoms with E-state index < -0.39 is 6.04 Å². The topological polar surface area (TPSA) is 58.6 Å². The lowest BCUT2D eigenvalue weighted by molar-refractivity contribution is -0.142. The van der Waals surface area contributed by atoms with Crippen molar-refractivity contribution in [2.24, 2.45) is 0 Å². The molecule has 0 aliphatic rings. The van der Waals surface area contributed by atoms with Crippen LogP contribution in [0, 0.1) is 0 Å². The van der Waals surface area contributed by atoms with Crippen LogP contribution in [0.2, 0.25) is 5.02 Å². The SMILES string of the molecule is CCCN(C(=O)COCc1ccccc1Cl)C(C)C(=O)Nc1ccccc1. The molecular weight excluding hydrogens is 364 g/mol. The van der Waals surface area contributed by atoms with Gasteiger partial charge in [-0.1, -0.05) is 54.9 Å². The Labute approximate surface area is 165 Å². The average Bonchev–Trinajstić information content (AvgIpc) is 2.67. The normalized spacial score (nSPS) is 11.7. The molecule has 2 amide bonds. The number of carbonyl (C=O) groups is 2. The van der Waals surface area contributed by atoms with Gasteiger partial charge >= 0.3 is 0 Å². The largest absolute Gasteiger partial charge is 0.367 e. The number of anilines is 1. The fraction of sp³-hybridized carbons (Fsp3) is 0.333. The summed E-state index contributed by atoms with van der Waals surface area (Å²) in [7, 11) is 0. The number of benzene rings is 2. The molecule has 0 aromatic heterocycles. The lowest BCUT2D eigenvalue weighted by Gasteiger charge is -2.28. The van der Waals surface area contributed by atoms with E-state index in [1.807, 2.05) is 55.5 Å². The Morgan fingerprint density at radius 2 is 1.78 bits per heavy atom. The van der Waals surface area contributed by atoms with Crippen LogP contribution in [0.4, 0.5) is 5.69 Å². The molecule has 2 aromatic carbocycles. The maximum Gasteiger partial charge on any atom is 0.249 e. The van der Waals surface area contributed by atoms with Crippen LogP contribution in [0.3, 0.4) is 0 Å². The van der Waals surface area contributed by atoms with Crippen LogP contribution in [-0.4, -0.2) is 35.9 Å². The first kappa shape index (κ1) is 20.9. The van der Waals surface area contributed by atoms with Crippen LogP contribution >= 0.6 is 11.6 Å². The van der Waals surface area contributed by atoms with E-state index in [4.69, 9.17) is 16.3 Å². The third-order valence-electron chi connectivity index (χ3n) is 4.11. The Kier molecular flexibility index (Phi) is 8.30. The van der Waals surface area contributed by atoms with Gasteiger partial charge in [0, 0.05) is 17.3 Å². The monoisotopic (exact) mass is 388 g/mol. The van der Waals surface area contributed by atoms with Gasteiger partial charge in [-0.3, -0.25) is 9.59 Å². The van der Waals surface area contributed by atoms with Gasteiger partial charge in [-0.15, -0.1) is 0 Å². The third kappa shape index (κ3) is 6.38. The van der Waals surface area contributed by atoms with Gasteiger partial charge in [0.25, 0.3) is 0 Å². The molecule has 0 saturated heterocycles. The summed E-state index contributed by atoms with van der Waals surface area (Å²) in [5.74, 6) is -0.450. The molecule has 0 saturated carbocycles. The third-order valence-corrected chi connectivity index (χ3v) is 4.48. The molecular formula is C21H25ClN2O3. The summed E-state index contributed by atoms with van der Waals surface area (Å²) in [6.07, 6.45) is 0.749. The van der Waals surface area contributed by atoms with E-state index in [0.717, 1.165) is 12.0 Å². The molecule has 144 valence electrons. The van der Waals surface area contributed by atoms with Crippen molar-refractivity contribution in [3.8, 4) is 0 Å². The molecule has 0 heterocycles. The van der Waals surface area contributed by atoms with Crippen LogP contribution in [0.1, 0.15) is 25.8 Å². The molecule has 0 aliphatic heterocycles. The average molecular weight is 389 g/mol. The predicted molar refractivity (Wildman–Crippen MR) is 108 cm³/mol. The Morgan fingerprint density at radius 1 is 1.11 bits per heavy atom. The van der Waals surface area contributed by atoms with Crippen LogP contribution < -0.4 is 5.32 Å². The van der Waals surface area contributed by atoms with Crippen molar-refractivity contribution in [2.45, 2.75) is 32.9 Å². The zero-order valence-corrected chi connectivity index (χ0v) is 16.4. The highest BCUT2D eigenvalue weighted by molar-refractivity contribution is 6.31. The van der Waals surface area contributed by atoms with Crippen LogP contribution in [0.15, 0.2) is 54.6 Å². The van der Waals surface area contributed by atoms with E-state index in [-0.39, 0.29) is 25.0 Å². The summed E-state index contributed by atoms with van der Waals surface area (Å²) < 4.78 is 5.53. The van der Waals surface area contributed by atoms with Gasteiger partial charge < -0.3 is 15.0 Å². The molecule has 6 heteroatoms. The molecule has 27 heavy (non-hydrogen) atoms. The molecule has 1 atom stereocenters. The quantitative estimate of drug-likeness (QED) is 0.702. The minimum atomic E-state index is -0.596. The maximum atomic E-state index is 12.6. The van der Waals surface area contributed by atoms with Gasteiger partial charge in [0.1, 0.15) is 12.6 Å². The van der Waals surface area contributed by atoms with Crippen LogP contribution in [-0.2, 0) is 20.9 Å². The Hall–Kier alpha value is -2.37. The van der Waals surface area contributed by atoms with Gasteiger partial charge in [-0.25, -0.2) is 0 Å². The molecule has 1 unspecified atom stereocenters. The number of amides is 2. The van der Waals surface area contributed by atoms with Crippen LogP contribution in [0.25, 0.3) is 0 Å². The molecule has 0 aliphatic carbocycles. The molecule has 5 nitrogen and oxygen atoms in total. The smallest absolute Gasteiger partial charge is 0.249 e. The highest BCUT2D eigenvalue weighted by Crippen LogP contribution is 2.16. The predicted octanol–water partition coefficient (Wildman–Crippen LogP) is 4.12. The second kappa shape index (κ2) is 10.7. The van der Waals surface area contributed by atoms with Crippen molar-refractivity contribution in [1.29, 1.82) is 0 Å². The Morgan fingerprint density at radius 3 is 2.44 bits per heavy atom. The molecule has 0 bridgehead atoms. The summed E-state index contributed by atoms with van der Waals surface area (Å²) in [6, 6.07) is 15.9. The lowest BCUT2D eigenvalue weighted by Crippen LogP contribution is -2.47. The van der Waals surface area contributed by atoms with E-state index in [9.17, 15) is 9.59 Å². The first-order valence-electron chi connectivity index (χ1n) is 8.99. The van der Waals surface area contributed by atoms with Crippen LogP contribution in [0.5, 0.6) is 0 Å². The van der Waals surface area contributed by atoms with Gasteiger partial charge in [0.05, 0.1) is 6.61 Å². The van der Waals surface area contributed by atoms with Gasteiger partial charge in [0.2, 0.25) is 11.8 Å². The van der Waals surface area contributed by atoms with Crippen molar-refractivity contribution in [1.82, 2.24) is 4.90 Å². The second-order valence-electron chi connectivity index (χ2n) is 6.20. The highest BCUT2D eigenvalue weighted by Gasteiger charge is 2.25. The van der Waals surface area contributed by atoms with Crippen molar-refractivity contribution in [3.05, 3.63) is 65.2 Å². The van der Waals surface area contributed by atoms with Crippen molar-refractivity contribution < 1.29 is 14.3 Å². The van der Waals surface area contributed by atoms with Crippen molar-refractivity contribution in [2.75, 3.05) is 18.5 Å². The first-order chi connectivity index (χ1) is 13.0. The van der Waals surface area contributed by atoms with E-state index in [1.165, 1.54) is 0 Å². The minimum absolute atomic E-state index is 0.103. The number of ether oxygens (including phenoxy) is 1. The highest BCUT2D eigenvalue weighted by atomic mass is 35.5. The van der Waals surface area contributed by atoms with Crippen molar-refractivity contribution in [3.63, 3.8) is 0 Å². The summed E-state index contributed by atoms with van der Waals surface area (Å²) in [5, 5.41) is 3.44. The van der Waals surface area contributed by atoms with Gasteiger partial charge in [-0.05, 0) is 37.1 Å². The van der Waals surface area contributed by atoms with Crippen molar-refractivity contribution >= 4 is 29.1 Å². The number of carbonyl (C=O) groups excluding carboxylic acids is 2. The number of rotatable bonds is 9. The van der Waals surface area contributed by atoms with E-state index in [1.54, 1.807) is 17.9 Å². The summed E-state index contributed by atoms with van der Waals surface area (Å²) in [4.78, 5) is 26.7. The standard InChI is InChI=1S/C21H25ClN2O3/c1-3-13-24(16(2)21(26)23-18-10-5-4-6-11-18)20(25)15-27-14-17-9-7-8-12-19(17)22/h4-12,16H,3,13-15H2,1-2H3,(H,23,26). The molecule has 0 radical (unpaired) electrons. The number of hydrogen-bond acceptors (Lipinski definition) is 3. The molecule has 0 fully saturated rings. The number of halogens is 1. The summed E-state index contributed by atoms with van der Waals surface area (Å²) >= 11 is 6.09. The zero-order chi connectivity index (χ0) is 19.6. The maximum absolute atomic E-state index is 12.6. The lowest BCUT2D eigenvalue weighted by atomic mass is 10.2. The van der Waals surface area contributed by atoms with E-state index in [0.29, 0.717) is 17.3 Å². The fourth-order valence-electron chi connectivity index (χ4n) is 2.63. The van der Waals surface area contributed by atoms with E-state index >= 15 is 0 Å². The van der Waals surface area contributed by atoms with Gasteiger partial charge in [-0.2, -0.15) is 0 Å². The fourth-order valence-corrected chi connectivity index (χ4v) is 2.82. The number of nitrogens with one attached hydrogen (secondary N) is 1. The molecule has 2 rings (SSSR count). The zero-order valence-electron chi connectivity index (χ0n) is 15.7. The minimum Gasteiger partial charge on any atom is -0.367 e. The second-order valence-corrected chi connectivity index (χ2v) is 6.61. The first-order valence-corrected chi connectivity index (χ1v) is 9.37. The molecule has 1 N–H and O–H groups in total. The van der Waals surface area contributed by atoms with Gasteiger partial charge in [0.15, 0.2) is 0 Å². The number of hydrogen-bond donors (Lipinski definition) is 1. The van der Waals surface area contributed by atoms with E-state index in [2.05, 4.69) is 5.32 Å². The number of para-hydroxylation sites is 1. The molecule has 0 spiro atoms. The summed E-state index contributed by atoms with van der Waals surface area (Å²) in [6.45, 7) is 4.31.